The van der Waals surface area contributed by atoms with Crippen LogP contribution in [0.2, 0.25) is 0 Å². The first-order valence-electron chi connectivity index (χ1n) is 10.1. The van der Waals surface area contributed by atoms with Crippen LogP contribution in [0.5, 0.6) is 0 Å². The minimum Gasteiger partial charge on any atom is -0.472 e. The van der Waals surface area contributed by atoms with Gasteiger partial charge in [0.15, 0.2) is 0 Å². The maximum absolute atomic E-state index is 12.2. The van der Waals surface area contributed by atoms with Crippen LogP contribution in [0, 0.1) is 17.3 Å². The molecule has 26 heavy (non-hydrogen) atoms. The van der Waals surface area contributed by atoms with Crippen molar-refractivity contribution in [3.63, 3.8) is 0 Å². The molecule has 1 aliphatic carbocycles. The molecule has 0 radical (unpaired) electrons. The maximum atomic E-state index is 12.2. The van der Waals surface area contributed by atoms with E-state index < -0.39 is 0 Å². The lowest BCUT2D eigenvalue weighted by atomic mass is 9.56. The Labute approximate surface area is 159 Å². The van der Waals surface area contributed by atoms with Gasteiger partial charge in [-0.25, -0.2) is 0 Å². The van der Waals surface area contributed by atoms with Crippen molar-refractivity contribution < 1.29 is 13.9 Å². The van der Waals surface area contributed by atoms with Crippen LogP contribution in [0.1, 0.15) is 79.2 Å². The number of carbonyl (C=O) groups excluding carboxylic acids is 1. The number of esters is 1. The lowest BCUT2D eigenvalue weighted by molar-refractivity contribution is -0.148. The van der Waals surface area contributed by atoms with Gasteiger partial charge in [0.25, 0.3) is 0 Å². The highest BCUT2D eigenvalue weighted by atomic mass is 16.5. The normalized spacial score (nSPS) is 26.2. The van der Waals surface area contributed by atoms with E-state index in [1.54, 1.807) is 11.8 Å². The molecule has 0 N–H and O–H groups in total. The molecular weight excluding hydrogens is 324 g/mol. The van der Waals surface area contributed by atoms with Crippen molar-refractivity contribution in [3.05, 3.63) is 35.3 Å². The molecule has 0 aliphatic heterocycles. The van der Waals surface area contributed by atoms with Gasteiger partial charge in [-0.3, -0.25) is 4.79 Å². The van der Waals surface area contributed by atoms with Crippen molar-refractivity contribution in [2.45, 2.75) is 86.2 Å². The number of allylic oxidation sites excluding steroid dienone is 2. The molecule has 0 aromatic carbocycles. The molecule has 0 amide bonds. The van der Waals surface area contributed by atoms with E-state index in [-0.39, 0.29) is 17.5 Å². The number of aryl methyl sites for hydroxylation is 1. The number of ether oxygens (including phenoxy) is 1. The van der Waals surface area contributed by atoms with E-state index in [4.69, 9.17) is 9.15 Å². The second-order valence-electron chi connectivity index (χ2n) is 8.73. The minimum absolute atomic E-state index is 0.0387. The summed E-state index contributed by atoms with van der Waals surface area (Å²) in [6.07, 6.45) is 9.50. The van der Waals surface area contributed by atoms with E-state index in [1.165, 1.54) is 17.6 Å². The first-order chi connectivity index (χ1) is 12.2. The molecule has 1 saturated carbocycles. The Kier molecular flexibility index (Phi) is 7.14. The number of carbonyl (C=O) groups is 1. The Morgan fingerprint density at radius 1 is 1.38 bits per heavy atom. The summed E-state index contributed by atoms with van der Waals surface area (Å²) in [6.45, 7) is 13.1. The highest BCUT2D eigenvalue weighted by Crippen LogP contribution is 2.53. The Hall–Kier alpha value is -1.51. The molecule has 146 valence electrons. The fourth-order valence-corrected chi connectivity index (χ4v) is 4.57. The highest BCUT2D eigenvalue weighted by Gasteiger charge is 2.43. The molecule has 1 unspecified atom stereocenters. The van der Waals surface area contributed by atoms with Crippen LogP contribution in [0.3, 0.4) is 0 Å². The van der Waals surface area contributed by atoms with Crippen molar-refractivity contribution in [2.24, 2.45) is 17.3 Å². The third-order valence-electron chi connectivity index (χ3n) is 6.37. The summed E-state index contributed by atoms with van der Waals surface area (Å²) in [7, 11) is 0. The third kappa shape index (κ3) is 5.02. The maximum Gasteiger partial charge on any atom is 0.306 e. The van der Waals surface area contributed by atoms with E-state index in [2.05, 4.69) is 33.8 Å². The van der Waals surface area contributed by atoms with Crippen LogP contribution in [-0.4, -0.2) is 12.1 Å². The van der Waals surface area contributed by atoms with Crippen molar-refractivity contribution in [3.8, 4) is 0 Å². The van der Waals surface area contributed by atoms with E-state index >= 15 is 0 Å². The molecule has 3 atom stereocenters. The van der Waals surface area contributed by atoms with E-state index in [1.807, 2.05) is 20.1 Å². The molecule has 1 heterocycles. The van der Waals surface area contributed by atoms with Crippen LogP contribution in [-0.2, 0) is 16.0 Å². The predicted octanol–water partition coefficient (Wildman–Crippen LogP) is 6.33. The lowest BCUT2D eigenvalue weighted by Crippen LogP contribution is -2.40. The molecule has 1 aromatic rings. The fraction of sp³-hybridized carbons (Fsp3) is 0.696. The third-order valence-corrected chi connectivity index (χ3v) is 6.37. The van der Waals surface area contributed by atoms with Gasteiger partial charge in [-0.1, -0.05) is 25.0 Å². The monoisotopic (exact) mass is 360 g/mol. The molecule has 0 saturated heterocycles. The smallest absolute Gasteiger partial charge is 0.306 e. The summed E-state index contributed by atoms with van der Waals surface area (Å²) < 4.78 is 10.6. The zero-order valence-corrected chi connectivity index (χ0v) is 17.4. The SMILES string of the molecule is CC(C)=C1CC[C@@H](C)[C@](C)(CCc2ccoc2)C1CCC(=O)OC(C)C. The Morgan fingerprint density at radius 3 is 2.69 bits per heavy atom. The molecule has 1 fully saturated rings. The van der Waals surface area contributed by atoms with Crippen LogP contribution >= 0.6 is 0 Å². The van der Waals surface area contributed by atoms with E-state index in [9.17, 15) is 4.79 Å². The zero-order valence-electron chi connectivity index (χ0n) is 17.4. The average Bonchev–Trinajstić information content (AvgIpc) is 3.07. The van der Waals surface area contributed by atoms with Gasteiger partial charge in [-0.15, -0.1) is 0 Å². The van der Waals surface area contributed by atoms with Gasteiger partial charge < -0.3 is 9.15 Å². The van der Waals surface area contributed by atoms with Crippen LogP contribution in [0.15, 0.2) is 34.2 Å². The molecule has 3 nitrogen and oxygen atoms in total. The second kappa shape index (κ2) is 8.92. The topological polar surface area (TPSA) is 39.4 Å². The largest absolute Gasteiger partial charge is 0.472 e. The molecule has 2 rings (SSSR count). The van der Waals surface area contributed by atoms with Crippen molar-refractivity contribution in [1.29, 1.82) is 0 Å². The van der Waals surface area contributed by atoms with Crippen LogP contribution in [0.25, 0.3) is 0 Å². The fourth-order valence-electron chi connectivity index (χ4n) is 4.57. The van der Waals surface area contributed by atoms with Crippen molar-refractivity contribution in [1.82, 2.24) is 0 Å². The molecule has 1 aromatic heterocycles. The molecule has 0 bridgehead atoms. The second-order valence-corrected chi connectivity index (χ2v) is 8.73. The number of hydrogen-bond donors (Lipinski definition) is 0. The summed E-state index contributed by atoms with van der Waals surface area (Å²) in [4.78, 5) is 12.2. The number of furan rings is 1. The van der Waals surface area contributed by atoms with E-state index in [0.29, 0.717) is 18.3 Å². The van der Waals surface area contributed by atoms with Gasteiger partial charge in [0.05, 0.1) is 18.6 Å². The Balaban J connectivity index is 2.18. The quantitative estimate of drug-likeness (QED) is 0.421. The molecule has 3 heteroatoms. The Morgan fingerprint density at radius 2 is 2.12 bits per heavy atom. The molecular formula is C23H36O3. The summed E-state index contributed by atoms with van der Waals surface area (Å²) in [5.74, 6) is 1.02. The Bertz CT molecular complexity index is 607. The van der Waals surface area contributed by atoms with Gasteiger partial charge >= 0.3 is 5.97 Å². The summed E-state index contributed by atoms with van der Waals surface area (Å²) in [5.41, 5.74) is 4.45. The molecule has 0 spiro atoms. The van der Waals surface area contributed by atoms with Crippen molar-refractivity contribution in [2.75, 3.05) is 0 Å². The lowest BCUT2D eigenvalue weighted by Gasteiger charge is -2.49. The van der Waals surface area contributed by atoms with Crippen LogP contribution < -0.4 is 0 Å². The first kappa shape index (κ1) is 20.8. The highest BCUT2D eigenvalue weighted by molar-refractivity contribution is 5.69. The van der Waals surface area contributed by atoms with Gasteiger partial charge in [0.1, 0.15) is 0 Å². The minimum atomic E-state index is -0.0662. The standard InChI is InChI=1S/C23H36O3/c1-16(2)20-8-7-18(5)23(6,13-11-19-12-14-25-15-19)21(20)9-10-22(24)26-17(3)4/h12,14-15,17-18,21H,7-11,13H2,1-6H3/t18-,21?,23+/m1/s1. The summed E-state index contributed by atoms with van der Waals surface area (Å²) >= 11 is 0. The number of hydrogen-bond acceptors (Lipinski definition) is 3. The van der Waals surface area contributed by atoms with Gasteiger partial charge in [0.2, 0.25) is 0 Å². The summed E-state index contributed by atoms with van der Waals surface area (Å²) in [6, 6.07) is 2.06. The zero-order chi connectivity index (χ0) is 19.3. The van der Waals surface area contributed by atoms with Gasteiger partial charge in [0, 0.05) is 6.42 Å². The number of rotatable bonds is 7. The van der Waals surface area contributed by atoms with Gasteiger partial charge in [-0.2, -0.15) is 0 Å². The van der Waals surface area contributed by atoms with Gasteiger partial charge in [-0.05, 0) is 88.7 Å². The van der Waals surface area contributed by atoms with Crippen LogP contribution in [0.4, 0.5) is 0 Å². The summed E-state index contributed by atoms with van der Waals surface area (Å²) in [5, 5.41) is 0. The van der Waals surface area contributed by atoms with Crippen molar-refractivity contribution >= 4 is 5.97 Å². The van der Waals surface area contributed by atoms with E-state index in [0.717, 1.165) is 25.7 Å². The molecule has 1 aliphatic rings. The first-order valence-corrected chi connectivity index (χ1v) is 10.1. The predicted molar refractivity (Wildman–Crippen MR) is 106 cm³/mol. The average molecular weight is 361 g/mol.